The fourth-order valence-electron chi connectivity index (χ4n) is 3.40. The van der Waals surface area contributed by atoms with Crippen molar-refractivity contribution in [2.24, 2.45) is 0 Å². The Hall–Kier alpha value is -3.01. The Morgan fingerprint density at radius 2 is 1.70 bits per heavy atom. The van der Waals surface area contributed by atoms with E-state index in [-0.39, 0.29) is 29.0 Å². The van der Waals surface area contributed by atoms with E-state index in [2.05, 4.69) is 10.6 Å². The minimum Gasteiger partial charge on any atom is -0.343 e. The number of hydrogen-bond acceptors (Lipinski definition) is 5. The third-order valence-corrected chi connectivity index (χ3v) is 8.10. The number of carbonyl (C=O) groups excluding carboxylic acids is 2. The molecule has 0 saturated heterocycles. The second-order valence-electron chi connectivity index (χ2n) is 7.23. The summed E-state index contributed by atoms with van der Waals surface area (Å²) in [6.45, 7) is 3.95. The molecule has 2 amide bonds. The minimum absolute atomic E-state index is 0.0464. The molecule has 0 bridgehead atoms. The molecule has 9 heteroatoms. The summed E-state index contributed by atoms with van der Waals surface area (Å²) in [5, 5.41) is 7.49. The van der Waals surface area contributed by atoms with Gasteiger partial charge in [-0.15, -0.1) is 11.3 Å². The SMILES string of the molecule is CCN(CC)S(=O)(=O)c1cccc(C(=O)NCC(=O)N[C@@H](c2ccccc2)c2cccs2)c1. The highest BCUT2D eigenvalue weighted by atomic mass is 32.2. The van der Waals surface area contributed by atoms with Crippen LogP contribution in [-0.2, 0) is 14.8 Å². The lowest BCUT2D eigenvalue weighted by atomic mass is 10.1. The van der Waals surface area contributed by atoms with E-state index in [1.54, 1.807) is 13.8 Å². The average molecular weight is 486 g/mol. The fourth-order valence-corrected chi connectivity index (χ4v) is 5.71. The largest absolute Gasteiger partial charge is 0.343 e. The number of carbonyl (C=O) groups is 2. The molecule has 0 saturated carbocycles. The number of nitrogens with zero attached hydrogens (tertiary/aromatic N) is 1. The number of thiophene rings is 1. The lowest BCUT2D eigenvalue weighted by molar-refractivity contribution is -0.120. The highest BCUT2D eigenvalue weighted by Gasteiger charge is 2.23. The van der Waals surface area contributed by atoms with Crippen molar-refractivity contribution in [3.8, 4) is 0 Å². The summed E-state index contributed by atoms with van der Waals surface area (Å²) in [5.74, 6) is -0.869. The van der Waals surface area contributed by atoms with E-state index in [0.717, 1.165) is 10.4 Å². The summed E-state index contributed by atoms with van der Waals surface area (Å²) in [6, 6.07) is 19.0. The summed E-state index contributed by atoms with van der Waals surface area (Å²) in [7, 11) is -3.68. The Morgan fingerprint density at radius 1 is 0.970 bits per heavy atom. The second kappa shape index (κ2) is 11.2. The van der Waals surface area contributed by atoms with E-state index in [1.807, 2.05) is 47.8 Å². The van der Waals surface area contributed by atoms with Crippen LogP contribution in [0.5, 0.6) is 0 Å². The molecule has 0 aliphatic rings. The molecule has 0 radical (unpaired) electrons. The van der Waals surface area contributed by atoms with Crippen LogP contribution in [-0.4, -0.2) is 44.2 Å². The van der Waals surface area contributed by atoms with Crippen LogP contribution in [0, 0.1) is 0 Å². The molecule has 2 N–H and O–H groups in total. The van der Waals surface area contributed by atoms with Gasteiger partial charge in [0, 0.05) is 23.5 Å². The zero-order chi connectivity index (χ0) is 23.8. The molecule has 1 heterocycles. The Kier molecular flexibility index (Phi) is 8.37. The molecule has 0 aliphatic heterocycles. The minimum atomic E-state index is -3.68. The zero-order valence-corrected chi connectivity index (χ0v) is 20.2. The van der Waals surface area contributed by atoms with E-state index in [1.165, 1.54) is 39.9 Å². The predicted molar refractivity (Wildman–Crippen MR) is 130 cm³/mol. The molecule has 0 unspecified atom stereocenters. The highest BCUT2D eigenvalue weighted by Crippen LogP contribution is 2.25. The van der Waals surface area contributed by atoms with E-state index >= 15 is 0 Å². The van der Waals surface area contributed by atoms with Crippen molar-refractivity contribution in [1.29, 1.82) is 0 Å². The lowest BCUT2D eigenvalue weighted by Crippen LogP contribution is -2.39. The first-order chi connectivity index (χ1) is 15.9. The predicted octanol–water partition coefficient (Wildman–Crippen LogP) is 3.41. The van der Waals surface area contributed by atoms with Gasteiger partial charge in [0.2, 0.25) is 15.9 Å². The molecule has 2 aromatic carbocycles. The molecule has 33 heavy (non-hydrogen) atoms. The van der Waals surface area contributed by atoms with Gasteiger partial charge in [-0.1, -0.05) is 56.3 Å². The van der Waals surface area contributed by atoms with Gasteiger partial charge in [-0.2, -0.15) is 4.31 Å². The van der Waals surface area contributed by atoms with Crippen LogP contribution in [0.4, 0.5) is 0 Å². The fraction of sp³-hybridized carbons (Fsp3) is 0.250. The third-order valence-electron chi connectivity index (χ3n) is 5.11. The number of rotatable bonds is 10. The van der Waals surface area contributed by atoms with Crippen LogP contribution in [0.3, 0.4) is 0 Å². The summed E-state index contributed by atoms with van der Waals surface area (Å²) >= 11 is 1.54. The maximum atomic E-state index is 12.7. The smallest absolute Gasteiger partial charge is 0.251 e. The maximum Gasteiger partial charge on any atom is 0.251 e. The lowest BCUT2D eigenvalue weighted by Gasteiger charge is -2.19. The van der Waals surface area contributed by atoms with Crippen LogP contribution in [0.15, 0.2) is 77.0 Å². The molecule has 174 valence electrons. The van der Waals surface area contributed by atoms with Gasteiger partial charge in [0.05, 0.1) is 17.5 Å². The molecule has 3 rings (SSSR count). The molecule has 7 nitrogen and oxygen atoms in total. The van der Waals surface area contributed by atoms with Gasteiger partial charge in [0.1, 0.15) is 0 Å². The molecule has 1 aromatic heterocycles. The zero-order valence-electron chi connectivity index (χ0n) is 18.5. The maximum absolute atomic E-state index is 12.7. The molecule has 3 aromatic rings. The van der Waals surface area contributed by atoms with Crippen molar-refractivity contribution in [1.82, 2.24) is 14.9 Å². The monoisotopic (exact) mass is 485 g/mol. The van der Waals surface area contributed by atoms with Crippen molar-refractivity contribution in [2.45, 2.75) is 24.8 Å². The molecule has 0 aliphatic carbocycles. The Balaban J connectivity index is 1.67. The molecular weight excluding hydrogens is 458 g/mol. The van der Waals surface area contributed by atoms with Crippen molar-refractivity contribution < 1.29 is 18.0 Å². The number of nitrogens with one attached hydrogen (secondary N) is 2. The first-order valence-corrected chi connectivity index (χ1v) is 12.9. The Morgan fingerprint density at radius 3 is 2.33 bits per heavy atom. The van der Waals surface area contributed by atoms with Gasteiger partial charge in [-0.3, -0.25) is 9.59 Å². The standard InChI is InChI=1S/C24H27N3O4S2/c1-3-27(4-2)33(30,31)20-13-8-12-19(16-20)24(29)25-17-22(28)26-23(21-14-9-15-32-21)18-10-6-5-7-11-18/h5-16,23H,3-4,17H2,1-2H3,(H,25,29)(H,26,28)/t23-/m0/s1. The summed E-state index contributed by atoms with van der Waals surface area (Å²) in [5.41, 5.74) is 1.11. The van der Waals surface area contributed by atoms with E-state index in [0.29, 0.717) is 13.1 Å². The third kappa shape index (κ3) is 6.07. The topological polar surface area (TPSA) is 95.6 Å². The van der Waals surface area contributed by atoms with Crippen LogP contribution in [0.25, 0.3) is 0 Å². The van der Waals surface area contributed by atoms with E-state index in [9.17, 15) is 18.0 Å². The van der Waals surface area contributed by atoms with Crippen LogP contribution in [0.1, 0.15) is 40.7 Å². The van der Waals surface area contributed by atoms with Crippen molar-refractivity contribution in [2.75, 3.05) is 19.6 Å². The summed E-state index contributed by atoms with van der Waals surface area (Å²) < 4.78 is 26.8. The number of amides is 2. The van der Waals surface area contributed by atoms with Gasteiger partial charge >= 0.3 is 0 Å². The van der Waals surface area contributed by atoms with Crippen LogP contribution >= 0.6 is 11.3 Å². The molecule has 0 spiro atoms. The second-order valence-corrected chi connectivity index (χ2v) is 10.1. The molecule has 1 atom stereocenters. The quantitative estimate of drug-likeness (QED) is 0.460. The number of benzene rings is 2. The van der Waals surface area contributed by atoms with Gasteiger partial charge < -0.3 is 10.6 Å². The van der Waals surface area contributed by atoms with Gasteiger partial charge in [-0.25, -0.2) is 8.42 Å². The Labute approximate surface area is 198 Å². The van der Waals surface area contributed by atoms with Crippen molar-refractivity contribution >= 4 is 33.2 Å². The Bertz CT molecular complexity index is 1180. The van der Waals surface area contributed by atoms with Gasteiger partial charge in [-0.05, 0) is 35.2 Å². The summed E-state index contributed by atoms with van der Waals surface area (Å²) in [4.78, 5) is 26.3. The molecular formula is C24H27N3O4S2. The summed E-state index contributed by atoms with van der Waals surface area (Å²) in [6.07, 6.45) is 0. The van der Waals surface area contributed by atoms with Crippen molar-refractivity contribution in [3.63, 3.8) is 0 Å². The van der Waals surface area contributed by atoms with Crippen LogP contribution < -0.4 is 10.6 Å². The van der Waals surface area contributed by atoms with Gasteiger partial charge in [0.15, 0.2) is 0 Å². The first-order valence-electron chi connectivity index (χ1n) is 10.6. The van der Waals surface area contributed by atoms with Crippen LogP contribution in [0.2, 0.25) is 0 Å². The highest BCUT2D eigenvalue weighted by molar-refractivity contribution is 7.89. The number of hydrogen-bond donors (Lipinski definition) is 2. The van der Waals surface area contributed by atoms with Gasteiger partial charge in [0.25, 0.3) is 5.91 Å². The van der Waals surface area contributed by atoms with E-state index < -0.39 is 15.9 Å². The normalized spacial score (nSPS) is 12.3. The van der Waals surface area contributed by atoms with Crippen molar-refractivity contribution in [3.05, 3.63) is 88.1 Å². The molecule has 0 fully saturated rings. The number of sulfonamides is 1. The van der Waals surface area contributed by atoms with E-state index in [4.69, 9.17) is 0 Å². The average Bonchev–Trinajstić information content (AvgIpc) is 3.37. The first kappa shape index (κ1) is 24.6.